The van der Waals surface area contributed by atoms with Crippen molar-refractivity contribution >= 4 is 23.4 Å². The zero-order valence-electron chi connectivity index (χ0n) is 9.58. The first-order valence-corrected chi connectivity index (χ1v) is 6.85. The summed E-state index contributed by atoms with van der Waals surface area (Å²) in [5, 5.41) is 11.7. The molecular formula is C11H12ClN3O2S. The number of pyridine rings is 1. The lowest BCUT2D eigenvalue weighted by Gasteiger charge is -2.29. The molecule has 1 aliphatic heterocycles. The van der Waals surface area contributed by atoms with Gasteiger partial charge in [-0.1, -0.05) is 17.7 Å². The zero-order chi connectivity index (χ0) is 13.0. The molecule has 1 aromatic rings. The lowest BCUT2D eigenvalue weighted by molar-refractivity contribution is -0.403. The Morgan fingerprint density at radius 1 is 1.61 bits per heavy atom. The van der Waals surface area contributed by atoms with Crippen LogP contribution in [0.3, 0.4) is 0 Å². The lowest BCUT2D eigenvalue weighted by Crippen LogP contribution is -2.27. The van der Waals surface area contributed by atoms with E-state index in [1.165, 1.54) is 11.8 Å². The fraction of sp³-hybridized carbons (Fsp3) is 0.364. The monoisotopic (exact) mass is 285 g/mol. The van der Waals surface area contributed by atoms with Crippen LogP contribution < -0.4 is 0 Å². The Kier molecular flexibility index (Phi) is 4.43. The highest BCUT2D eigenvalue weighted by Crippen LogP contribution is 2.28. The van der Waals surface area contributed by atoms with E-state index in [1.54, 1.807) is 12.3 Å². The predicted molar refractivity (Wildman–Crippen MR) is 71.8 cm³/mol. The van der Waals surface area contributed by atoms with Crippen LogP contribution in [0.2, 0.25) is 5.15 Å². The van der Waals surface area contributed by atoms with Crippen molar-refractivity contribution in [3.05, 3.63) is 50.4 Å². The minimum Gasteiger partial charge on any atom is -0.357 e. The number of nitro groups is 1. The third kappa shape index (κ3) is 3.61. The number of nitrogens with zero attached hydrogens (tertiary/aromatic N) is 3. The normalized spacial score (nSPS) is 18.1. The van der Waals surface area contributed by atoms with E-state index in [0.717, 1.165) is 30.5 Å². The van der Waals surface area contributed by atoms with Crippen molar-refractivity contribution in [3.63, 3.8) is 0 Å². The average Bonchev–Trinajstić information content (AvgIpc) is 2.34. The second-order valence-electron chi connectivity index (χ2n) is 3.87. The third-order valence-electron chi connectivity index (χ3n) is 2.51. The van der Waals surface area contributed by atoms with Crippen LogP contribution >= 0.6 is 23.4 Å². The van der Waals surface area contributed by atoms with Gasteiger partial charge >= 0.3 is 0 Å². The van der Waals surface area contributed by atoms with E-state index >= 15 is 0 Å². The standard InChI is InChI=1S/C11H12ClN3O2S/c12-10-3-2-9(6-13-10)7-14-4-1-5-18-11(14)8-15(16)17/h2-3,6,8H,1,4-5,7H2/b11-8-. The third-order valence-corrected chi connectivity index (χ3v) is 3.89. The van der Waals surface area contributed by atoms with Gasteiger partial charge in [-0.15, -0.1) is 11.8 Å². The van der Waals surface area contributed by atoms with Crippen LogP contribution in [0.1, 0.15) is 12.0 Å². The Morgan fingerprint density at radius 2 is 2.44 bits per heavy atom. The van der Waals surface area contributed by atoms with Crippen molar-refractivity contribution in [2.24, 2.45) is 0 Å². The number of hydrogen-bond donors (Lipinski definition) is 0. The minimum absolute atomic E-state index is 0.402. The van der Waals surface area contributed by atoms with Gasteiger partial charge in [0, 0.05) is 25.0 Å². The molecule has 2 rings (SSSR count). The number of hydrogen-bond acceptors (Lipinski definition) is 5. The second-order valence-corrected chi connectivity index (χ2v) is 5.37. The van der Waals surface area contributed by atoms with Crippen molar-refractivity contribution in [3.8, 4) is 0 Å². The molecule has 0 atom stereocenters. The molecule has 0 N–H and O–H groups in total. The molecule has 0 unspecified atom stereocenters. The molecule has 1 aromatic heterocycles. The smallest absolute Gasteiger partial charge is 0.264 e. The van der Waals surface area contributed by atoms with Crippen LogP contribution in [-0.4, -0.2) is 27.1 Å². The van der Waals surface area contributed by atoms with Crippen molar-refractivity contribution < 1.29 is 4.92 Å². The number of rotatable bonds is 3. The summed E-state index contributed by atoms with van der Waals surface area (Å²) in [6, 6.07) is 3.61. The summed E-state index contributed by atoms with van der Waals surface area (Å²) in [6.07, 6.45) is 3.80. The van der Waals surface area contributed by atoms with Gasteiger partial charge in [0.2, 0.25) is 0 Å². The molecule has 1 aliphatic rings. The fourth-order valence-corrected chi connectivity index (χ4v) is 2.81. The molecule has 1 fully saturated rings. The Morgan fingerprint density at radius 3 is 3.11 bits per heavy atom. The van der Waals surface area contributed by atoms with Crippen LogP contribution in [0.25, 0.3) is 0 Å². The highest BCUT2D eigenvalue weighted by molar-refractivity contribution is 8.03. The molecule has 0 spiro atoms. The van der Waals surface area contributed by atoms with E-state index in [1.807, 2.05) is 11.0 Å². The summed E-state index contributed by atoms with van der Waals surface area (Å²) >= 11 is 7.24. The van der Waals surface area contributed by atoms with Crippen LogP contribution in [0.5, 0.6) is 0 Å². The van der Waals surface area contributed by atoms with E-state index in [9.17, 15) is 10.1 Å². The lowest BCUT2D eigenvalue weighted by atomic mass is 10.2. The summed E-state index contributed by atoms with van der Waals surface area (Å²) in [5.74, 6) is 0.926. The van der Waals surface area contributed by atoms with Crippen LogP contribution in [-0.2, 0) is 6.54 Å². The SMILES string of the molecule is O=[N+]([O-])/C=C1\SCCCN1Cc1ccc(Cl)nc1. The quantitative estimate of drug-likeness (QED) is 0.485. The van der Waals surface area contributed by atoms with Gasteiger partial charge in [-0.05, 0) is 18.1 Å². The van der Waals surface area contributed by atoms with Gasteiger partial charge in [-0.2, -0.15) is 0 Å². The molecule has 0 radical (unpaired) electrons. The maximum absolute atomic E-state index is 10.6. The maximum atomic E-state index is 10.6. The van der Waals surface area contributed by atoms with E-state index in [-0.39, 0.29) is 0 Å². The van der Waals surface area contributed by atoms with Crippen molar-refractivity contribution in [1.82, 2.24) is 9.88 Å². The highest BCUT2D eigenvalue weighted by atomic mass is 35.5. The first-order valence-electron chi connectivity index (χ1n) is 5.48. The molecule has 18 heavy (non-hydrogen) atoms. The zero-order valence-corrected chi connectivity index (χ0v) is 11.2. The van der Waals surface area contributed by atoms with Crippen molar-refractivity contribution in [1.29, 1.82) is 0 Å². The number of aromatic nitrogens is 1. The van der Waals surface area contributed by atoms with Gasteiger partial charge < -0.3 is 4.90 Å². The largest absolute Gasteiger partial charge is 0.357 e. The van der Waals surface area contributed by atoms with Crippen LogP contribution in [0, 0.1) is 10.1 Å². The molecule has 96 valence electrons. The second kappa shape index (κ2) is 6.06. The van der Waals surface area contributed by atoms with Gasteiger partial charge in [0.05, 0.1) is 4.92 Å². The van der Waals surface area contributed by atoms with E-state index < -0.39 is 4.92 Å². The molecule has 2 heterocycles. The topological polar surface area (TPSA) is 59.3 Å². The summed E-state index contributed by atoms with van der Waals surface area (Å²) in [6.45, 7) is 1.45. The molecular weight excluding hydrogens is 274 g/mol. The molecule has 0 saturated carbocycles. The molecule has 5 nitrogen and oxygen atoms in total. The Balaban J connectivity index is 2.10. The first-order chi connectivity index (χ1) is 8.65. The molecule has 0 amide bonds. The predicted octanol–water partition coefficient (Wildman–Crippen LogP) is 2.75. The molecule has 1 saturated heterocycles. The Labute approximate surface area is 114 Å². The number of thioether (sulfide) groups is 1. The summed E-state index contributed by atoms with van der Waals surface area (Å²) < 4.78 is 0. The fourth-order valence-electron chi connectivity index (χ4n) is 1.72. The van der Waals surface area contributed by atoms with E-state index in [4.69, 9.17) is 11.6 Å². The average molecular weight is 286 g/mol. The Bertz CT molecular complexity index is 464. The summed E-state index contributed by atoms with van der Waals surface area (Å²) in [4.78, 5) is 16.2. The van der Waals surface area contributed by atoms with Crippen LogP contribution in [0.4, 0.5) is 0 Å². The Hall–Kier alpha value is -1.27. The van der Waals surface area contributed by atoms with Crippen LogP contribution in [0.15, 0.2) is 29.6 Å². The van der Waals surface area contributed by atoms with Gasteiger partial charge in [-0.25, -0.2) is 4.98 Å². The van der Waals surface area contributed by atoms with Gasteiger partial charge in [0.25, 0.3) is 6.20 Å². The minimum atomic E-state index is -0.402. The maximum Gasteiger partial charge on any atom is 0.264 e. The van der Waals surface area contributed by atoms with Gasteiger partial charge in [-0.3, -0.25) is 10.1 Å². The molecule has 7 heteroatoms. The molecule has 0 bridgehead atoms. The van der Waals surface area contributed by atoms with Gasteiger partial charge in [0.1, 0.15) is 10.2 Å². The summed E-state index contributed by atoms with van der Waals surface area (Å²) in [5.41, 5.74) is 0.996. The van der Waals surface area contributed by atoms with E-state index in [0.29, 0.717) is 16.7 Å². The molecule has 0 aromatic carbocycles. The van der Waals surface area contributed by atoms with Gasteiger partial charge in [0.15, 0.2) is 0 Å². The first kappa shape index (κ1) is 13.2. The van der Waals surface area contributed by atoms with Crippen molar-refractivity contribution in [2.45, 2.75) is 13.0 Å². The number of halogens is 1. The van der Waals surface area contributed by atoms with Crippen molar-refractivity contribution in [2.75, 3.05) is 12.3 Å². The highest BCUT2D eigenvalue weighted by Gasteiger charge is 2.18. The molecule has 0 aliphatic carbocycles. The van der Waals surface area contributed by atoms with E-state index in [2.05, 4.69) is 4.98 Å². The summed E-state index contributed by atoms with van der Waals surface area (Å²) in [7, 11) is 0.